The Morgan fingerprint density at radius 3 is 2.33 bits per heavy atom. The first-order chi connectivity index (χ1) is 10.1. The minimum Gasteiger partial charge on any atom is -0.0683 e. The molecule has 106 valence electrons. The number of benzene rings is 2. The van der Waals surface area contributed by atoms with Gasteiger partial charge in [-0.15, -0.1) is 0 Å². The van der Waals surface area contributed by atoms with Crippen molar-refractivity contribution in [3.63, 3.8) is 0 Å². The van der Waals surface area contributed by atoms with Crippen LogP contribution in [0.4, 0.5) is 0 Å². The van der Waals surface area contributed by atoms with Crippen LogP contribution >= 0.6 is 0 Å². The zero-order valence-corrected chi connectivity index (χ0v) is 13.2. The summed E-state index contributed by atoms with van der Waals surface area (Å²) in [7, 11) is 0. The van der Waals surface area contributed by atoms with Gasteiger partial charge < -0.3 is 0 Å². The van der Waals surface area contributed by atoms with E-state index in [4.69, 9.17) is 0 Å². The van der Waals surface area contributed by atoms with Crippen LogP contribution in [-0.4, -0.2) is 0 Å². The van der Waals surface area contributed by atoms with Gasteiger partial charge in [-0.2, -0.15) is 0 Å². The number of aryl methyl sites for hydroxylation is 3. The Hall–Kier alpha value is -1.82. The van der Waals surface area contributed by atoms with Gasteiger partial charge in [-0.05, 0) is 79.8 Å². The normalized spacial score (nSPS) is 15.9. The second-order valence-electron chi connectivity index (χ2n) is 6.85. The van der Waals surface area contributed by atoms with Crippen LogP contribution in [0, 0.1) is 13.8 Å². The molecule has 2 aromatic carbocycles. The Morgan fingerprint density at radius 2 is 1.57 bits per heavy atom. The lowest BCUT2D eigenvalue weighted by Gasteiger charge is -2.16. The highest BCUT2D eigenvalue weighted by Crippen LogP contribution is 2.42. The molecule has 0 bridgehead atoms. The number of fused-ring (bicyclic) bond motifs is 2. The van der Waals surface area contributed by atoms with Gasteiger partial charge in [0.05, 0.1) is 0 Å². The average molecular weight is 274 g/mol. The van der Waals surface area contributed by atoms with Crippen molar-refractivity contribution < 1.29 is 0 Å². The summed E-state index contributed by atoms with van der Waals surface area (Å²) < 4.78 is 0. The van der Waals surface area contributed by atoms with Gasteiger partial charge in [0.25, 0.3) is 0 Å². The zero-order valence-electron chi connectivity index (χ0n) is 13.2. The number of rotatable bonds is 1. The monoisotopic (exact) mass is 274 g/mol. The van der Waals surface area contributed by atoms with E-state index in [-0.39, 0.29) is 0 Å². The summed E-state index contributed by atoms with van der Waals surface area (Å²) in [6, 6.07) is 9.47. The quantitative estimate of drug-likeness (QED) is 0.651. The van der Waals surface area contributed by atoms with Crippen molar-refractivity contribution in [2.24, 2.45) is 0 Å². The topological polar surface area (TPSA) is 0 Å². The van der Waals surface area contributed by atoms with E-state index in [2.05, 4.69) is 51.1 Å². The maximum Gasteiger partial charge on any atom is -0.00543 e. The molecular formula is C21H22. The van der Waals surface area contributed by atoms with Crippen molar-refractivity contribution in [1.82, 2.24) is 0 Å². The fraction of sp³-hybridized carbons (Fsp3) is 0.333. The van der Waals surface area contributed by atoms with Gasteiger partial charge in [-0.3, -0.25) is 0 Å². The van der Waals surface area contributed by atoms with Crippen LogP contribution in [0.2, 0.25) is 0 Å². The first-order valence-corrected chi connectivity index (χ1v) is 8.05. The van der Waals surface area contributed by atoms with E-state index in [0.717, 1.165) is 6.42 Å². The largest absolute Gasteiger partial charge is 0.0683 e. The molecule has 21 heavy (non-hydrogen) atoms. The maximum absolute atomic E-state index is 2.46. The molecular weight excluding hydrogens is 252 g/mol. The lowest BCUT2D eigenvalue weighted by atomic mass is 9.88. The third kappa shape index (κ3) is 2.05. The summed E-state index contributed by atoms with van der Waals surface area (Å²) in [5, 5.41) is 0. The van der Waals surface area contributed by atoms with E-state index in [1.165, 1.54) is 47.1 Å². The van der Waals surface area contributed by atoms with E-state index >= 15 is 0 Å². The number of hydrogen-bond acceptors (Lipinski definition) is 0. The molecule has 0 N–H and O–H groups in total. The van der Waals surface area contributed by atoms with Crippen LogP contribution in [-0.2, 0) is 19.3 Å². The van der Waals surface area contributed by atoms with Gasteiger partial charge in [0.1, 0.15) is 0 Å². The molecule has 0 heterocycles. The molecule has 0 unspecified atom stereocenters. The molecule has 0 saturated carbocycles. The van der Waals surface area contributed by atoms with Crippen LogP contribution in [0.3, 0.4) is 0 Å². The summed E-state index contributed by atoms with van der Waals surface area (Å²) in [6.07, 6.45) is 7.35. The van der Waals surface area contributed by atoms with Crippen molar-refractivity contribution >= 4 is 6.08 Å². The standard InChI is InChI=1S/C21H22/c1-13-7-14(2)10-18(9-13)21-19-6-4-5-16(19)12-17-8-15(3)11-20(17)21/h7-10,12H,4-6,11H2,1-3H3. The molecule has 0 atom stereocenters. The second kappa shape index (κ2) is 4.59. The Bertz CT molecular complexity index is 755. The molecule has 4 rings (SSSR count). The summed E-state index contributed by atoms with van der Waals surface area (Å²) in [5.41, 5.74) is 13.5. The second-order valence-corrected chi connectivity index (χ2v) is 6.85. The van der Waals surface area contributed by atoms with Crippen molar-refractivity contribution in [2.45, 2.75) is 46.5 Å². The van der Waals surface area contributed by atoms with Crippen molar-refractivity contribution in [1.29, 1.82) is 0 Å². The molecule has 0 radical (unpaired) electrons. The maximum atomic E-state index is 2.46. The highest BCUT2D eigenvalue weighted by Gasteiger charge is 2.24. The van der Waals surface area contributed by atoms with Crippen molar-refractivity contribution in [2.75, 3.05) is 0 Å². The first-order valence-electron chi connectivity index (χ1n) is 8.05. The molecule has 0 heteroatoms. The highest BCUT2D eigenvalue weighted by atomic mass is 14.3. The number of allylic oxidation sites excluding steroid dienone is 1. The SMILES string of the molecule is CC1=Cc2cc3c(c(-c4cc(C)cc(C)c4)c2C1)CCC3. The molecule has 0 aliphatic heterocycles. The van der Waals surface area contributed by atoms with E-state index in [9.17, 15) is 0 Å². The van der Waals surface area contributed by atoms with Gasteiger partial charge in [-0.1, -0.05) is 47.0 Å². The Kier molecular flexibility index (Phi) is 2.82. The first kappa shape index (κ1) is 12.9. The van der Waals surface area contributed by atoms with Gasteiger partial charge in [-0.25, -0.2) is 0 Å². The molecule has 0 aromatic heterocycles. The minimum atomic E-state index is 1.13. The molecule has 0 nitrogen and oxygen atoms in total. The third-order valence-corrected chi connectivity index (χ3v) is 4.91. The molecule has 0 saturated heterocycles. The van der Waals surface area contributed by atoms with Crippen LogP contribution in [0.5, 0.6) is 0 Å². The fourth-order valence-corrected chi connectivity index (χ4v) is 4.20. The van der Waals surface area contributed by atoms with Crippen LogP contribution in [0.1, 0.15) is 46.7 Å². The van der Waals surface area contributed by atoms with Crippen molar-refractivity contribution in [3.05, 3.63) is 63.2 Å². The molecule has 0 amide bonds. The lowest BCUT2D eigenvalue weighted by Crippen LogP contribution is -1.98. The highest BCUT2D eigenvalue weighted by molar-refractivity contribution is 5.82. The number of hydrogen-bond donors (Lipinski definition) is 0. The predicted molar refractivity (Wildman–Crippen MR) is 90.7 cm³/mol. The molecule has 2 aliphatic rings. The van der Waals surface area contributed by atoms with Crippen LogP contribution in [0.15, 0.2) is 29.8 Å². The summed E-state index contributed by atoms with van der Waals surface area (Å²) in [6.45, 7) is 6.68. The molecule has 2 aromatic rings. The smallest absolute Gasteiger partial charge is 0.00543 e. The predicted octanol–water partition coefficient (Wildman–Crippen LogP) is 5.42. The average Bonchev–Trinajstić information content (AvgIpc) is 2.98. The Labute approximate surface area is 127 Å². The molecule has 2 aliphatic carbocycles. The van der Waals surface area contributed by atoms with Gasteiger partial charge in [0.2, 0.25) is 0 Å². The van der Waals surface area contributed by atoms with E-state index in [0.29, 0.717) is 0 Å². The van der Waals surface area contributed by atoms with Gasteiger partial charge >= 0.3 is 0 Å². The van der Waals surface area contributed by atoms with Gasteiger partial charge in [0.15, 0.2) is 0 Å². The van der Waals surface area contributed by atoms with E-state index in [1.807, 2.05) is 0 Å². The Balaban J connectivity index is 2.01. The minimum absolute atomic E-state index is 1.13. The third-order valence-electron chi connectivity index (χ3n) is 4.91. The van der Waals surface area contributed by atoms with Crippen LogP contribution < -0.4 is 0 Å². The van der Waals surface area contributed by atoms with Gasteiger partial charge in [0, 0.05) is 0 Å². The fourth-order valence-electron chi connectivity index (χ4n) is 4.20. The van der Waals surface area contributed by atoms with Crippen molar-refractivity contribution in [3.8, 4) is 11.1 Å². The summed E-state index contributed by atoms with van der Waals surface area (Å²) in [5.74, 6) is 0. The zero-order chi connectivity index (χ0) is 14.6. The molecule has 0 fully saturated rings. The van der Waals surface area contributed by atoms with Crippen LogP contribution in [0.25, 0.3) is 17.2 Å². The van der Waals surface area contributed by atoms with E-state index in [1.54, 1.807) is 22.3 Å². The van der Waals surface area contributed by atoms with E-state index < -0.39 is 0 Å². The molecule has 0 spiro atoms. The Morgan fingerprint density at radius 1 is 0.810 bits per heavy atom. The lowest BCUT2D eigenvalue weighted by molar-refractivity contribution is 0.912. The summed E-state index contributed by atoms with van der Waals surface area (Å²) >= 11 is 0. The summed E-state index contributed by atoms with van der Waals surface area (Å²) in [4.78, 5) is 0.